The van der Waals surface area contributed by atoms with E-state index in [1.54, 1.807) is 0 Å². The molecule has 0 unspecified atom stereocenters. The molecule has 1 aliphatic rings. The topological polar surface area (TPSA) is 51.0 Å². The van der Waals surface area contributed by atoms with E-state index in [0.717, 1.165) is 23.0 Å². The summed E-state index contributed by atoms with van der Waals surface area (Å²) in [4.78, 5) is 4.47. The third-order valence-corrected chi connectivity index (χ3v) is 4.44. The van der Waals surface area contributed by atoms with E-state index in [1.807, 2.05) is 18.2 Å². The average Bonchev–Trinajstić information content (AvgIpc) is 2.93. The second kappa shape index (κ2) is 5.61. The van der Waals surface area contributed by atoms with Gasteiger partial charge in [0, 0.05) is 10.0 Å². The number of benzene rings is 1. The summed E-state index contributed by atoms with van der Waals surface area (Å²) in [6.45, 7) is 1.01. The largest absolute Gasteiger partial charge is 0.337 e. The lowest BCUT2D eigenvalue weighted by Crippen LogP contribution is -2.26. The molecule has 1 aromatic carbocycles. The fraction of sp³-hybridized carbons (Fsp3) is 0.385. The molecule has 1 atom stereocenters. The van der Waals surface area contributed by atoms with Gasteiger partial charge in [0.05, 0.1) is 11.1 Å². The first kappa shape index (κ1) is 13.1. The highest BCUT2D eigenvalue weighted by Crippen LogP contribution is 2.29. The van der Waals surface area contributed by atoms with Gasteiger partial charge in [-0.15, -0.1) is 0 Å². The third kappa shape index (κ3) is 2.83. The molecular weight excluding hydrogens is 330 g/mol. The SMILES string of the molecule is Clc1ccc(-c2noc([C@H]3CCCCN3)n2)cc1Br. The van der Waals surface area contributed by atoms with Crippen LogP contribution in [-0.4, -0.2) is 16.7 Å². The Balaban J connectivity index is 1.85. The molecule has 4 nitrogen and oxygen atoms in total. The highest BCUT2D eigenvalue weighted by molar-refractivity contribution is 9.10. The summed E-state index contributed by atoms with van der Waals surface area (Å²) < 4.78 is 6.18. The molecule has 0 radical (unpaired) electrons. The second-order valence-electron chi connectivity index (χ2n) is 4.59. The van der Waals surface area contributed by atoms with E-state index < -0.39 is 0 Å². The Bertz CT molecular complexity index is 581. The van der Waals surface area contributed by atoms with Crippen LogP contribution in [0.3, 0.4) is 0 Å². The summed E-state index contributed by atoms with van der Waals surface area (Å²) in [5, 5.41) is 8.10. The van der Waals surface area contributed by atoms with E-state index in [9.17, 15) is 0 Å². The van der Waals surface area contributed by atoms with Crippen molar-refractivity contribution in [2.45, 2.75) is 25.3 Å². The van der Waals surface area contributed by atoms with Crippen molar-refractivity contribution in [3.05, 3.63) is 33.6 Å². The van der Waals surface area contributed by atoms with Gasteiger partial charge in [-0.25, -0.2) is 0 Å². The van der Waals surface area contributed by atoms with E-state index in [-0.39, 0.29) is 6.04 Å². The summed E-state index contributed by atoms with van der Waals surface area (Å²) in [5.74, 6) is 1.26. The zero-order chi connectivity index (χ0) is 13.2. The average molecular weight is 343 g/mol. The monoisotopic (exact) mass is 341 g/mol. The third-order valence-electron chi connectivity index (χ3n) is 3.23. The van der Waals surface area contributed by atoms with Crippen LogP contribution in [-0.2, 0) is 0 Å². The zero-order valence-electron chi connectivity index (χ0n) is 10.2. The van der Waals surface area contributed by atoms with Crippen LogP contribution in [0.5, 0.6) is 0 Å². The van der Waals surface area contributed by atoms with Gasteiger partial charge in [0.25, 0.3) is 0 Å². The molecule has 0 aliphatic carbocycles. The molecule has 19 heavy (non-hydrogen) atoms. The molecule has 1 aromatic heterocycles. The van der Waals surface area contributed by atoms with Gasteiger partial charge in [0.15, 0.2) is 0 Å². The second-order valence-corrected chi connectivity index (χ2v) is 5.85. The number of hydrogen-bond donors (Lipinski definition) is 1. The van der Waals surface area contributed by atoms with Crippen molar-refractivity contribution in [3.63, 3.8) is 0 Å². The van der Waals surface area contributed by atoms with E-state index in [2.05, 4.69) is 31.4 Å². The Morgan fingerprint density at radius 2 is 2.26 bits per heavy atom. The molecule has 2 heterocycles. The Hall–Kier alpha value is -0.910. The van der Waals surface area contributed by atoms with Gasteiger partial charge in [-0.2, -0.15) is 4.98 Å². The van der Waals surface area contributed by atoms with Crippen LogP contribution in [0.15, 0.2) is 27.2 Å². The summed E-state index contributed by atoms with van der Waals surface area (Å²) in [5.41, 5.74) is 0.891. The molecule has 1 aliphatic heterocycles. The molecule has 2 aromatic rings. The first-order chi connectivity index (χ1) is 9.24. The van der Waals surface area contributed by atoms with E-state index in [0.29, 0.717) is 16.7 Å². The Morgan fingerprint density at radius 3 is 3.00 bits per heavy atom. The number of piperidine rings is 1. The number of halogens is 2. The van der Waals surface area contributed by atoms with Gasteiger partial charge in [-0.3, -0.25) is 0 Å². The van der Waals surface area contributed by atoms with Crippen LogP contribution >= 0.6 is 27.5 Å². The van der Waals surface area contributed by atoms with Crippen molar-refractivity contribution in [1.29, 1.82) is 0 Å². The number of nitrogens with one attached hydrogen (secondary N) is 1. The highest BCUT2D eigenvalue weighted by atomic mass is 79.9. The molecule has 1 fully saturated rings. The smallest absolute Gasteiger partial charge is 0.244 e. The molecule has 0 bridgehead atoms. The van der Waals surface area contributed by atoms with Crippen LogP contribution in [0.4, 0.5) is 0 Å². The van der Waals surface area contributed by atoms with Crippen molar-refractivity contribution in [3.8, 4) is 11.4 Å². The van der Waals surface area contributed by atoms with Crippen LogP contribution in [0.2, 0.25) is 5.02 Å². The predicted octanol–water partition coefficient (Wildman–Crippen LogP) is 3.97. The maximum absolute atomic E-state index is 5.97. The fourth-order valence-corrected chi connectivity index (χ4v) is 2.69. The van der Waals surface area contributed by atoms with Crippen molar-refractivity contribution >= 4 is 27.5 Å². The molecule has 1 N–H and O–H groups in total. The molecule has 3 rings (SSSR count). The number of hydrogen-bond acceptors (Lipinski definition) is 4. The minimum atomic E-state index is 0.186. The quantitative estimate of drug-likeness (QED) is 0.897. The summed E-state index contributed by atoms with van der Waals surface area (Å²) in [6.07, 6.45) is 3.45. The molecule has 0 amide bonds. The Morgan fingerprint density at radius 1 is 1.37 bits per heavy atom. The minimum absolute atomic E-state index is 0.186. The van der Waals surface area contributed by atoms with Crippen LogP contribution in [0.25, 0.3) is 11.4 Å². The molecule has 0 saturated carbocycles. The zero-order valence-corrected chi connectivity index (χ0v) is 12.5. The predicted molar refractivity (Wildman–Crippen MR) is 77.0 cm³/mol. The molecule has 6 heteroatoms. The Kier molecular flexibility index (Phi) is 3.86. The van der Waals surface area contributed by atoms with Gasteiger partial charge in [0.1, 0.15) is 0 Å². The van der Waals surface area contributed by atoms with E-state index >= 15 is 0 Å². The van der Waals surface area contributed by atoms with Crippen molar-refractivity contribution < 1.29 is 4.52 Å². The lowest BCUT2D eigenvalue weighted by molar-refractivity contribution is 0.297. The van der Waals surface area contributed by atoms with Crippen molar-refractivity contribution in [1.82, 2.24) is 15.5 Å². The number of aromatic nitrogens is 2. The first-order valence-electron chi connectivity index (χ1n) is 6.26. The summed E-state index contributed by atoms with van der Waals surface area (Å²) in [7, 11) is 0. The van der Waals surface area contributed by atoms with Gasteiger partial charge < -0.3 is 9.84 Å². The van der Waals surface area contributed by atoms with E-state index in [4.69, 9.17) is 16.1 Å². The van der Waals surface area contributed by atoms with Gasteiger partial charge in [-0.1, -0.05) is 23.2 Å². The van der Waals surface area contributed by atoms with Crippen molar-refractivity contribution in [2.24, 2.45) is 0 Å². The number of nitrogens with zero attached hydrogens (tertiary/aromatic N) is 2. The minimum Gasteiger partial charge on any atom is -0.337 e. The highest BCUT2D eigenvalue weighted by Gasteiger charge is 2.21. The lowest BCUT2D eigenvalue weighted by atomic mass is 10.1. The maximum Gasteiger partial charge on any atom is 0.244 e. The molecule has 1 saturated heterocycles. The molecule has 0 spiro atoms. The van der Waals surface area contributed by atoms with Gasteiger partial charge in [0.2, 0.25) is 11.7 Å². The number of rotatable bonds is 2. The van der Waals surface area contributed by atoms with Crippen LogP contribution in [0.1, 0.15) is 31.2 Å². The normalized spacial score (nSPS) is 19.6. The maximum atomic E-state index is 5.97. The van der Waals surface area contributed by atoms with Gasteiger partial charge in [-0.05, 0) is 53.5 Å². The summed E-state index contributed by atoms with van der Waals surface area (Å²) in [6, 6.07) is 5.78. The standard InChI is InChI=1S/C13H13BrClN3O/c14-9-7-8(4-5-10(9)15)12-17-13(19-18-12)11-3-1-2-6-16-11/h4-5,7,11,16H,1-3,6H2/t11-/m1/s1. The Labute approximate surface area is 124 Å². The first-order valence-corrected chi connectivity index (χ1v) is 7.43. The molecular formula is C13H13BrClN3O. The molecule has 100 valence electrons. The summed E-state index contributed by atoms with van der Waals surface area (Å²) >= 11 is 9.37. The van der Waals surface area contributed by atoms with E-state index in [1.165, 1.54) is 12.8 Å². The van der Waals surface area contributed by atoms with Gasteiger partial charge >= 0.3 is 0 Å². The lowest BCUT2D eigenvalue weighted by Gasteiger charge is -2.19. The van der Waals surface area contributed by atoms with Crippen LogP contribution in [0, 0.1) is 0 Å². The van der Waals surface area contributed by atoms with Crippen molar-refractivity contribution in [2.75, 3.05) is 6.54 Å². The fourth-order valence-electron chi connectivity index (χ4n) is 2.19. The van der Waals surface area contributed by atoms with Crippen LogP contribution < -0.4 is 5.32 Å².